The Morgan fingerprint density at radius 3 is 2.24 bits per heavy atom. The van der Waals surface area contributed by atoms with Crippen LogP contribution in [0.3, 0.4) is 0 Å². The first kappa shape index (κ1) is 17.5. The van der Waals surface area contributed by atoms with Gasteiger partial charge < -0.3 is 11.1 Å². The first-order chi connectivity index (χ1) is 9.72. The lowest BCUT2D eigenvalue weighted by Gasteiger charge is -2.16. The van der Waals surface area contributed by atoms with Crippen LogP contribution in [0, 0.1) is 11.8 Å². The minimum absolute atomic E-state index is 0.0828. The van der Waals surface area contributed by atoms with Gasteiger partial charge in [-0.3, -0.25) is 4.79 Å². The second-order valence-corrected chi connectivity index (χ2v) is 5.56. The van der Waals surface area contributed by atoms with Crippen molar-refractivity contribution in [3.8, 4) is 0 Å². The molecule has 1 unspecified atom stereocenters. The Balaban J connectivity index is 2.58. The lowest BCUT2D eigenvalue weighted by atomic mass is 9.94. The van der Waals surface area contributed by atoms with E-state index in [4.69, 9.17) is 5.73 Å². The van der Waals surface area contributed by atoms with Crippen molar-refractivity contribution >= 4 is 11.6 Å². The van der Waals surface area contributed by atoms with Gasteiger partial charge in [0.05, 0.1) is 5.56 Å². The van der Waals surface area contributed by atoms with E-state index >= 15 is 0 Å². The number of carbonyl (C=O) groups is 1. The minimum Gasteiger partial charge on any atom is -0.330 e. The average Bonchev–Trinajstić information content (AvgIpc) is 2.36. The Morgan fingerprint density at radius 1 is 1.24 bits per heavy atom. The number of nitrogens with two attached hydrogens (primary N) is 1. The zero-order valence-electron chi connectivity index (χ0n) is 12.2. The Kier molecular flexibility index (Phi) is 6.20. The summed E-state index contributed by atoms with van der Waals surface area (Å²) >= 11 is 0. The monoisotopic (exact) mass is 302 g/mol. The normalized spacial score (nSPS) is 13.3. The van der Waals surface area contributed by atoms with Crippen LogP contribution in [0.2, 0.25) is 0 Å². The standard InChI is InChI=1S/C15H21F3N2O/c1-10(2)7-11(9-19)8-14(21)20-13-5-3-12(4-6-13)15(16,17)18/h3-6,10-11H,7-9,19H2,1-2H3,(H,20,21). The molecular weight excluding hydrogens is 281 g/mol. The number of nitrogens with one attached hydrogen (secondary N) is 1. The van der Waals surface area contributed by atoms with Gasteiger partial charge in [-0.05, 0) is 49.1 Å². The molecule has 3 N–H and O–H groups in total. The van der Waals surface area contributed by atoms with Crippen LogP contribution < -0.4 is 11.1 Å². The fourth-order valence-electron chi connectivity index (χ4n) is 2.15. The van der Waals surface area contributed by atoms with E-state index in [1.165, 1.54) is 12.1 Å². The third-order valence-corrected chi connectivity index (χ3v) is 3.11. The van der Waals surface area contributed by atoms with Gasteiger partial charge in [0.1, 0.15) is 0 Å². The second kappa shape index (κ2) is 7.45. The largest absolute Gasteiger partial charge is 0.416 e. The lowest BCUT2D eigenvalue weighted by Crippen LogP contribution is -2.23. The fourth-order valence-corrected chi connectivity index (χ4v) is 2.15. The maximum absolute atomic E-state index is 12.4. The molecule has 21 heavy (non-hydrogen) atoms. The van der Waals surface area contributed by atoms with Crippen molar-refractivity contribution in [3.63, 3.8) is 0 Å². The van der Waals surface area contributed by atoms with Crippen molar-refractivity contribution in [1.29, 1.82) is 0 Å². The molecule has 118 valence electrons. The zero-order chi connectivity index (χ0) is 16.0. The molecule has 1 aromatic carbocycles. The Hall–Kier alpha value is -1.56. The maximum Gasteiger partial charge on any atom is 0.416 e. The number of hydrogen-bond donors (Lipinski definition) is 2. The molecule has 0 fully saturated rings. The molecule has 0 heterocycles. The molecule has 0 saturated heterocycles. The highest BCUT2D eigenvalue weighted by atomic mass is 19.4. The van der Waals surface area contributed by atoms with E-state index in [-0.39, 0.29) is 18.2 Å². The summed E-state index contributed by atoms with van der Waals surface area (Å²) in [6.45, 7) is 4.52. The molecule has 1 atom stereocenters. The Bertz CT molecular complexity index is 455. The zero-order valence-corrected chi connectivity index (χ0v) is 12.2. The highest BCUT2D eigenvalue weighted by Crippen LogP contribution is 2.29. The van der Waals surface area contributed by atoms with Crippen LogP contribution in [0.1, 0.15) is 32.3 Å². The molecule has 1 amide bonds. The van der Waals surface area contributed by atoms with E-state index in [9.17, 15) is 18.0 Å². The molecule has 1 rings (SSSR count). The van der Waals surface area contributed by atoms with Crippen LogP contribution in [0.15, 0.2) is 24.3 Å². The first-order valence-corrected chi connectivity index (χ1v) is 6.89. The first-order valence-electron chi connectivity index (χ1n) is 6.89. The van der Waals surface area contributed by atoms with E-state index in [1.807, 2.05) is 0 Å². The molecule has 0 aliphatic carbocycles. The van der Waals surface area contributed by atoms with E-state index in [1.54, 1.807) is 0 Å². The van der Waals surface area contributed by atoms with Gasteiger partial charge in [-0.2, -0.15) is 13.2 Å². The number of halogens is 3. The van der Waals surface area contributed by atoms with Crippen LogP contribution in [0.25, 0.3) is 0 Å². The molecule has 1 aromatic rings. The van der Waals surface area contributed by atoms with Crippen LogP contribution in [-0.2, 0) is 11.0 Å². The molecule has 0 radical (unpaired) electrons. The van der Waals surface area contributed by atoms with Crippen LogP contribution in [-0.4, -0.2) is 12.5 Å². The average molecular weight is 302 g/mol. The van der Waals surface area contributed by atoms with Crippen molar-refractivity contribution in [2.75, 3.05) is 11.9 Å². The number of anilines is 1. The highest BCUT2D eigenvalue weighted by Gasteiger charge is 2.30. The third kappa shape index (κ3) is 6.16. The molecule has 0 spiro atoms. The molecule has 6 heteroatoms. The van der Waals surface area contributed by atoms with E-state index in [0.717, 1.165) is 18.6 Å². The summed E-state index contributed by atoms with van der Waals surface area (Å²) in [6, 6.07) is 4.40. The van der Waals surface area contributed by atoms with Gasteiger partial charge in [0, 0.05) is 12.1 Å². The van der Waals surface area contributed by atoms with Crippen molar-refractivity contribution in [2.45, 2.75) is 32.9 Å². The summed E-state index contributed by atoms with van der Waals surface area (Å²) in [5, 5.41) is 2.60. The second-order valence-electron chi connectivity index (χ2n) is 5.56. The quantitative estimate of drug-likeness (QED) is 0.842. The van der Waals surface area contributed by atoms with Crippen LogP contribution >= 0.6 is 0 Å². The smallest absolute Gasteiger partial charge is 0.330 e. The number of amides is 1. The summed E-state index contributed by atoms with van der Waals surface area (Å²) in [6.07, 6.45) is -3.25. The van der Waals surface area contributed by atoms with Crippen molar-refractivity contribution in [3.05, 3.63) is 29.8 Å². The van der Waals surface area contributed by atoms with Gasteiger partial charge in [-0.1, -0.05) is 13.8 Å². The Morgan fingerprint density at radius 2 is 1.81 bits per heavy atom. The lowest BCUT2D eigenvalue weighted by molar-refractivity contribution is -0.137. The van der Waals surface area contributed by atoms with Crippen LogP contribution in [0.5, 0.6) is 0 Å². The highest BCUT2D eigenvalue weighted by molar-refractivity contribution is 5.90. The third-order valence-electron chi connectivity index (χ3n) is 3.11. The molecule has 0 saturated carbocycles. The SMILES string of the molecule is CC(C)CC(CN)CC(=O)Nc1ccc(C(F)(F)F)cc1. The van der Waals surface area contributed by atoms with Gasteiger partial charge in [0.25, 0.3) is 0 Å². The van der Waals surface area contributed by atoms with Gasteiger partial charge >= 0.3 is 6.18 Å². The van der Waals surface area contributed by atoms with Crippen molar-refractivity contribution in [1.82, 2.24) is 0 Å². The molecule has 0 aliphatic rings. The predicted molar refractivity (Wildman–Crippen MR) is 76.7 cm³/mol. The predicted octanol–water partition coefficient (Wildman–Crippen LogP) is 3.66. The summed E-state index contributed by atoms with van der Waals surface area (Å²) in [7, 11) is 0. The summed E-state index contributed by atoms with van der Waals surface area (Å²) < 4.78 is 37.3. The fraction of sp³-hybridized carbons (Fsp3) is 0.533. The van der Waals surface area contributed by atoms with Gasteiger partial charge in [0.15, 0.2) is 0 Å². The van der Waals surface area contributed by atoms with Crippen molar-refractivity contribution < 1.29 is 18.0 Å². The van der Waals surface area contributed by atoms with E-state index in [2.05, 4.69) is 19.2 Å². The topological polar surface area (TPSA) is 55.1 Å². The number of hydrogen-bond acceptors (Lipinski definition) is 2. The molecular formula is C15H21F3N2O. The maximum atomic E-state index is 12.4. The molecule has 0 bridgehead atoms. The number of rotatable bonds is 6. The van der Waals surface area contributed by atoms with E-state index in [0.29, 0.717) is 18.2 Å². The summed E-state index contributed by atoms with van der Waals surface area (Å²) in [4.78, 5) is 11.9. The summed E-state index contributed by atoms with van der Waals surface area (Å²) in [5.41, 5.74) is 5.24. The molecule has 0 aromatic heterocycles. The number of carbonyl (C=O) groups excluding carboxylic acids is 1. The summed E-state index contributed by atoms with van der Waals surface area (Å²) in [5.74, 6) is 0.294. The molecule has 3 nitrogen and oxygen atoms in total. The number of alkyl halides is 3. The minimum atomic E-state index is -4.37. The van der Waals surface area contributed by atoms with Gasteiger partial charge in [-0.25, -0.2) is 0 Å². The number of benzene rings is 1. The van der Waals surface area contributed by atoms with Crippen LogP contribution in [0.4, 0.5) is 18.9 Å². The molecule has 0 aliphatic heterocycles. The van der Waals surface area contributed by atoms with Crippen molar-refractivity contribution in [2.24, 2.45) is 17.6 Å². The Labute approximate surface area is 122 Å². The van der Waals surface area contributed by atoms with Gasteiger partial charge in [0.2, 0.25) is 5.91 Å². The van der Waals surface area contributed by atoms with Gasteiger partial charge in [-0.15, -0.1) is 0 Å². The van der Waals surface area contributed by atoms with E-state index < -0.39 is 11.7 Å².